The number of carbonyl (C=O) groups excluding carboxylic acids is 3. The summed E-state index contributed by atoms with van der Waals surface area (Å²) in [5, 5.41) is 44.8. The van der Waals surface area contributed by atoms with Crippen LogP contribution in [-0.2, 0) is 33.8 Å². The Labute approximate surface area is 217 Å². The normalized spacial score (nSPS) is 28.9. The number of phenolic OH excluding ortho intramolecular Hbond substituents is 1. The molecular weight excluding hydrogens is 501 g/mol. The number of carbonyl (C=O) groups is 3. The third-order valence-corrected chi connectivity index (χ3v) is 8.41. The first kappa shape index (κ1) is 26.3. The second-order valence-corrected chi connectivity index (χ2v) is 10.6. The lowest BCUT2D eigenvalue weighted by Gasteiger charge is -2.50. The number of fused-ring (bicyclic) bond motifs is 4. The highest BCUT2D eigenvalue weighted by Gasteiger charge is 2.63. The molecule has 0 fully saturated rings. The van der Waals surface area contributed by atoms with Gasteiger partial charge in [-0.3, -0.25) is 24.2 Å². The van der Waals surface area contributed by atoms with E-state index in [0.717, 1.165) is 0 Å². The summed E-state index contributed by atoms with van der Waals surface area (Å²) in [6.07, 6.45) is -0.178. The molecule has 12 heteroatoms. The number of aromatic hydroxyl groups is 1. The van der Waals surface area contributed by atoms with Crippen molar-refractivity contribution < 1.29 is 43.9 Å². The van der Waals surface area contributed by atoms with E-state index in [4.69, 9.17) is 10.5 Å². The molecule has 1 aromatic carbocycles. The van der Waals surface area contributed by atoms with Crippen LogP contribution in [0.5, 0.6) is 5.75 Å². The van der Waals surface area contributed by atoms with Crippen molar-refractivity contribution >= 4 is 17.5 Å². The molecule has 1 heterocycles. The molecular formula is C26H30FN3O8. The van der Waals surface area contributed by atoms with Gasteiger partial charge in [0.15, 0.2) is 11.4 Å². The number of methoxy groups -OCH3 is 1. The molecule has 1 unspecified atom stereocenters. The highest BCUT2D eigenvalue weighted by Crippen LogP contribution is 2.53. The number of allylic oxidation sites excluding steroid dienone is 1. The number of nitrogens with zero attached hydrogens (tertiary/aromatic N) is 2. The van der Waals surface area contributed by atoms with E-state index in [2.05, 4.69) is 0 Å². The molecule has 0 bridgehead atoms. The van der Waals surface area contributed by atoms with Crippen LogP contribution >= 0.6 is 0 Å². The summed E-state index contributed by atoms with van der Waals surface area (Å²) in [5.41, 5.74) is 1.67. The Balaban J connectivity index is 1.66. The van der Waals surface area contributed by atoms with E-state index in [1.807, 2.05) is 4.90 Å². The Morgan fingerprint density at radius 1 is 1.18 bits per heavy atom. The first-order chi connectivity index (χ1) is 17.9. The molecule has 4 aliphatic rings. The summed E-state index contributed by atoms with van der Waals surface area (Å²) in [6, 6.07) is -1.10. The van der Waals surface area contributed by atoms with Crippen LogP contribution in [0.4, 0.5) is 4.39 Å². The number of phenols is 1. The lowest BCUT2D eigenvalue weighted by atomic mass is 9.58. The molecule has 1 aromatic rings. The summed E-state index contributed by atoms with van der Waals surface area (Å²) in [6.45, 7) is 1.30. The first-order valence-electron chi connectivity index (χ1n) is 12.3. The number of aliphatic hydroxyl groups is 3. The molecule has 38 heavy (non-hydrogen) atoms. The fourth-order valence-corrected chi connectivity index (χ4v) is 6.66. The second-order valence-electron chi connectivity index (χ2n) is 10.6. The van der Waals surface area contributed by atoms with E-state index in [9.17, 15) is 34.8 Å². The minimum Gasteiger partial charge on any atom is -0.510 e. The van der Waals surface area contributed by atoms with Gasteiger partial charge >= 0.3 is 0 Å². The Morgan fingerprint density at radius 2 is 1.84 bits per heavy atom. The SMILES string of the molecule is COCCN1Cc2c(O)c3c(c(F)c2C1)C[C@H]1C[C@H]2[C@H](N(C)C)C(O)=C(C(N)=O)C(=O)C2(O)C(O)=C1C3=O. The number of likely N-dealkylation sites (N-methyl/N-ethyl adjacent to an activating group) is 1. The van der Waals surface area contributed by atoms with Gasteiger partial charge in [0.25, 0.3) is 5.91 Å². The number of benzene rings is 1. The van der Waals surface area contributed by atoms with Gasteiger partial charge in [0.05, 0.1) is 18.2 Å². The van der Waals surface area contributed by atoms with Crippen molar-refractivity contribution in [1.82, 2.24) is 9.80 Å². The van der Waals surface area contributed by atoms with Crippen LogP contribution in [0.3, 0.4) is 0 Å². The standard InChI is InChI=1S/C26H30FN3O8/c1-29(2)19-14-7-10-6-11-16(20(31)13-9-30(4-5-38-3)8-12(13)18(11)27)21(32)15(10)23(34)26(14,37)24(35)17(22(19)33)25(28)36/h10,14,19,31,33-34,37H,4-9H2,1-3H3,(H2,28,36)/t10-,14-,19-,26?/m0/s1. The van der Waals surface area contributed by atoms with Crippen molar-refractivity contribution in [3.05, 3.63) is 50.7 Å². The van der Waals surface area contributed by atoms with Gasteiger partial charge in [-0.1, -0.05) is 0 Å². The van der Waals surface area contributed by atoms with Crippen molar-refractivity contribution in [2.45, 2.75) is 37.6 Å². The summed E-state index contributed by atoms with van der Waals surface area (Å²) in [4.78, 5) is 42.5. The van der Waals surface area contributed by atoms with Gasteiger partial charge in [-0.15, -0.1) is 0 Å². The average Bonchev–Trinajstić information content (AvgIpc) is 3.28. The van der Waals surface area contributed by atoms with Crippen LogP contribution in [0.25, 0.3) is 0 Å². The number of nitrogens with two attached hydrogens (primary N) is 1. The van der Waals surface area contributed by atoms with Gasteiger partial charge in [0, 0.05) is 54.9 Å². The van der Waals surface area contributed by atoms with Crippen LogP contribution in [0, 0.1) is 17.7 Å². The van der Waals surface area contributed by atoms with Gasteiger partial charge < -0.3 is 30.9 Å². The maximum Gasteiger partial charge on any atom is 0.255 e. The van der Waals surface area contributed by atoms with Gasteiger partial charge in [0.1, 0.15) is 28.7 Å². The highest BCUT2D eigenvalue weighted by atomic mass is 19.1. The van der Waals surface area contributed by atoms with E-state index in [-0.39, 0.29) is 48.2 Å². The number of ketones is 2. The largest absolute Gasteiger partial charge is 0.510 e. The zero-order chi connectivity index (χ0) is 27.8. The number of rotatable bonds is 5. The van der Waals surface area contributed by atoms with Gasteiger partial charge in [-0.25, -0.2) is 4.39 Å². The number of primary amides is 1. The van der Waals surface area contributed by atoms with Crippen molar-refractivity contribution in [1.29, 1.82) is 0 Å². The van der Waals surface area contributed by atoms with Crippen LogP contribution in [-0.4, -0.2) is 93.7 Å². The molecule has 0 spiro atoms. The van der Waals surface area contributed by atoms with Crippen LogP contribution in [0.1, 0.15) is 33.5 Å². The number of Topliss-reactive ketones (excluding diaryl/α,β-unsaturated/α-hetero) is 2. The third kappa shape index (κ3) is 3.37. The van der Waals surface area contributed by atoms with Crippen molar-refractivity contribution in [2.75, 3.05) is 34.4 Å². The number of amides is 1. The van der Waals surface area contributed by atoms with E-state index in [1.54, 1.807) is 21.2 Å². The molecule has 6 N–H and O–H groups in total. The number of hydrogen-bond donors (Lipinski definition) is 5. The topological polar surface area (TPSA) is 174 Å². The van der Waals surface area contributed by atoms with Crippen LogP contribution < -0.4 is 5.73 Å². The molecule has 0 saturated carbocycles. The fraction of sp³-hybridized carbons (Fsp3) is 0.500. The van der Waals surface area contributed by atoms with E-state index in [1.165, 1.54) is 4.90 Å². The predicted octanol–water partition coefficient (Wildman–Crippen LogP) is 0.222. The van der Waals surface area contributed by atoms with E-state index >= 15 is 4.39 Å². The molecule has 11 nitrogen and oxygen atoms in total. The van der Waals surface area contributed by atoms with E-state index < -0.39 is 69.6 Å². The number of halogens is 1. The lowest BCUT2D eigenvalue weighted by molar-refractivity contribution is -0.148. The molecule has 0 saturated heterocycles. The minimum absolute atomic E-state index is 0.00737. The van der Waals surface area contributed by atoms with Gasteiger partial charge in [-0.05, 0) is 32.9 Å². The minimum atomic E-state index is -2.73. The van der Waals surface area contributed by atoms with Crippen molar-refractivity contribution in [3.8, 4) is 5.75 Å². The molecule has 1 amide bonds. The first-order valence-corrected chi connectivity index (χ1v) is 12.3. The molecule has 4 atom stereocenters. The summed E-state index contributed by atoms with van der Waals surface area (Å²) >= 11 is 0. The fourth-order valence-electron chi connectivity index (χ4n) is 6.66. The molecule has 3 aliphatic carbocycles. The molecule has 0 radical (unpaired) electrons. The number of aliphatic hydroxyl groups excluding tert-OH is 2. The molecule has 0 aromatic heterocycles. The third-order valence-electron chi connectivity index (χ3n) is 8.41. The molecule has 5 rings (SSSR count). The predicted molar refractivity (Wildman–Crippen MR) is 130 cm³/mol. The van der Waals surface area contributed by atoms with Crippen molar-refractivity contribution in [2.24, 2.45) is 17.6 Å². The zero-order valence-electron chi connectivity index (χ0n) is 21.2. The maximum absolute atomic E-state index is 15.8. The van der Waals surface area contributed by atoms with Crippen LogP contribution in [0.15, 0.2) is 22.7 Å². The Hall–Kier alpha value is -3.32. The number of ether oxygens (including phenoxy) is 1. The zero-order valence-corrected chi connectivity index (χ0v) is 21.2. The maximum atomic E-state index is 15.8. The average molecular weight is 532 g/mol. The van der Waals surface area contributed by atoms with E-state index in [0.29, 0.717) is 18.7 Å². The van der Waals surface area contributed by atoms with Crippen molar-refractivity contribution in [3.63, 3.8) is 0 Å². The monoisotopic (exact) mass is 531 g/mol. The molecule has 204 valence electrons. The number of hydrogen-bond acceptors (Lipinski definition) is 10. The Bertz CT molecular complexity index is 1350. The second kappa shape index (κ2) is 8.87. The Kier molecular flexibility index (Phi) is 6.14. The molecule has 1 aliphatic heterocycles. The highest BCUT2D eigenvalue weighted by molar-refractivity contribution is 6.24. The summed E-state index contributed by atoms with van der Waals surface area (Å²) < 4.78 is 20.9. The quantitative estimate of drug-likeness (QED) is 0.331. The summed E-state index contributed by atoms with van der Waals surface area (Å²) in [7, 11) is 4.63. The Morgan fingerprint density at radius 3 is 2.45 bits per heavy atom. The van der Waals surface area contributed by atoms with Crippen LogP contribution in [0.2, 0.25) is 0 Å². The smallest absolute Gasteiger partial charge is 0.255 e. The lowest BCUT2D eigenvalue weighted by Crippen LogP contribution is -2.63. The van der Waals surface area contributed by atoms with Gasteiger partial charge in [-0.2, -0.15) is 0 Å². The van der Waals surface area contributed by atoms with Gasteiger partial charge in [0.2, 0.25) is 5.78 Å². The summed E-state index contributed by atoms with van der Waals surface area (Å²) in [5.74, 6) is -8.12.